The standard InChI is InChI=1S/C19H20ClNO/c1-2-3-4-5-6-13-7-9-15-16(11-13)17-12-14(20)8-10-18(17)21-19(15)22/h7-12H,2-6H2,1H3,(H,21,22). The highest BCUT2D eigenvalue weighted by Crippen LogP contribution is 2.25. The number of rotatable bonds is 5. The first-order valence-electron chi connectivity index (χ1n) is 7.93. The Morgan fingerprint density at radius 3 is 2.64 bits per heavy atom. The fourth-order valence-electron chi connectivity index (χ4n) is 2.96. The molecule has 3 rings (SSSR count). The molecular weight excluding hydrogens is 294 g/mol. The molecule has 0 aliphatic carbocycles. The number of aromatic amines is 1. The van der Waals surface area contributed by atoms with Gasteiger partial charge in [-0.05, 0) is 48.1 Å². The molecule has 2 aromatic carbocycles. The summed E-state index contributed by atoms with van der Waals surface area (Å²) in [5.41, 5.74) is 2.09. The quantitative estimate of drug-likeness (QED) is 0.492. The molecule has 0 radical (unpaired) electrons. The Bertz CT molecular complexity index is 866. The third-order valence-corrected chi connectivity index (χ3v) is 4.40. The van der Waals surface area contributed by atoms with Crippen LogP contribution in [0, 0.1) is 0 Å². The summed E-state index contributed by atoms with van der Waals surface area (Å²) in [5.74, 6) is 0. The summed E-state index contributed by atoms with van der Waals surface area (Å²) in [6.07, 6.45) is 6.05. The fourth-order valence-corrected chi connectivity index (χ4v) is 3.13. The summed E-state index contributed by atoms with van der Waals surface area (Å²) >= 11 is 6.12. The largest absolute Gasteiger partial charge is 0.321 e. The van der Waals surface area contributed by atoms with Gasteiger partial charge in [0.1, 0.15) is 0 Å². The lowest BCUT2D eigenvalue weighted by Gasteiger charge is -2.07. The molecule has 0 aliphatic heterocycles. The maximum Gasteiger partial charge on any atom is 0.256 e. The van der Waals surface area contributed by atoms with Crippen molar-refractivity contribution in [2.45, 2.75) is 39.0 Å². The zero-order valence-corrected chi connectivity index (χ0v) is 13.5. The Balaban J connectivity index is 2.07. The van der Waals surface area contributed by atoms with Gasteiger partial charge in [-0.15, -0.1) is 0 Å². The van der Waals surface area contributed by atoms with E-state index in [2.05, 4.69) is 24.0 Å². The van der Waals surface area contributed by atoms with E-state index in [1.54, 1.807) is 6.07 Å². The summed E-state index contributed by atoms with van der Waals surface area (Å²) in [4.78, 5) is 15.1. The molecule has 1 N–H and O–H groups in total. The molecule has 1 heterocycles. The third kappa shape index (κ3) is 3.02. The van der Waals surface area contributed by atoms with E-state index in [1.807, 2.05) is 18.2 Å². The van der Waals surface area contributed by atoms with Crippen LogP contribution in [0.1, 0.15) is 38.2 Å². The summed E-state index contributed by atoms with van der Waals surface area (Å²) in [5, 5.41) is 3.42. The molecule has 0 unspecified atom stereocenters. The molecule has 0 bridgehead atoms. The van der Waals surface area contributed by atoms with Gasteiger partial charge in [0.05, 0.1) is 0 Å². The summed E-state index contributed by atoms with van der Waals surface area (Å²) in [6.45, 7) is 2.22. The Labute approximate surface area is 135 Å². The molecule has 0 spiro atoms. The number of aromatic nitrogens is 1. The molecule has 0 aliphatic rings. The first-order valence-corrected chi connectivity index (χ1v) is 8.31. The van der Waals surface area contributed by atoms with Gasteiger partial charge < -0.3 is 4.98 Å². The Morgan fingerprint density at radius 1 is 0.955 bits per heavy atom. The van der Waals surface area contributed by atoms with Crippen molar-refractivity contribution in [3.63, 3.8) is 0 Å². The molecule has 3 heteroatoms. The average molecular weight is 314 g/mol. The second-order valence-corrected chi connectivity index (χ2v) is 6.27. The maximum atomic E-state index is 12.2. The molecule has 114 valence electrons. The third-order valence-electron chi connectivity index (χ3n) is 4.17. The SMILES string of the molecule is CCCCCCc1ccc2c(=O)[nH]c3ccc(Cl)cc3c2c1. The van der Waals surface area contributed by atoms with Gasteiger partial charge in [-0.3, -0.25) is 4.79 Å². The van der Waals surface area contributed by atoms with Crippen molar-refractivity contribution in [3.05, 3.63) is 57.3 Å². The molecule has 1 aromatic heterocycles. The van der Waals surface area contributed by atoms with Crippen molar-refractivity contribution in [2.75, 3.05) is 0 Å². The predicted octanol–water partition coefficient (Wildman–Crippen LogP) is 5.46. The van der Waals surface area contributed by atoms with Crippen LogP contribution in [0.5, 0.6) is 0 Å². The number of benzene rings is 2. The number of aryl methyl sites for hydroxylation is 1. The second-order valence-electron chi connectivity index (χ2n) is 5.83. The van der Waals surface area contributed by atoms with E-state index in [0.717, 1.165) is 28.1 Å². The van der Waals surface area contributed by atoms with E-state index in [1.165, 1.54) is 31.2 Å². The normalized spacial score (nSPS) is 11.4. The highest BCUT2D eigenvalue weighted by molar-refractivity contribution is 6.31. The van der Waals surface area contributed by atoms with Gasteiger partial charge in [-0.25, -0.2) is 0 Å². The number of pyridine rings is 1. The van der Waals surface area contributed by atoms with E-state index in [4.69, 9.17) is 11.6 Å². The molecule has 0 saturated carbocycles. The van der Waals surface area contributed by atoms with Gasteiger partial charge in [-0.1, -0.05) is 49.9 Å². The topological polar surface area (TPSA) is 32.9 Å². The Hall–Kier alpha value is -1.80. The summed E-state index contributed by atoms with van der Waals surface area (Å²) in [7, 11) is 0. The van der Waals surface area contributed by atoms with Gasteiger partial charge in [0.15, 0.2) is 0 Å². The van der Waals surface area contributed by atoms with Crippen molar-refractivity contribution in [1.82, 2.24) is 4.98 Å². The van der Waals surface area contributed by atoms with Gasteiger partial charge in [0.2, 0.25) is 0 Å². The van der Waals surface area contributed by atoms with E-state index in [9.17, 15) is 4.79 Å². The minimum absolute atomic E-state index is 0.0395. The molecule has 2 nitrogen and oxygen atoms in total. The van der Waals surface area contributed by atoms with Crippen LogP contribution in [-0.2, 0) is 6.42 Å². The Morgan fingerprint density at radius 2 is 1.82 bits per heavy atom. The smallest absolute Gasteiger partial charge is 0.256 e. The van der Waals surface area contributed by atoms with Crippen LogP contribution < -0.4 is 5.56 Å². The van der Waals surface area contributed by atoms with Crippen molar-refractivity contribution >= 4 is 33.3 Å². The van der Waals surface area contributed by atoms with Crippen LogP contribution in [0.4, 0.5) is 0 Å². The summed E-state index contributed by atoms with van der Waals surface area (Å²) in [6, 6.07) is 11.8. The van der Waals surface area contributed by atoms with Gasteiger partial charge >= 0.3 is 0 Å². The van der Waals surface area contributed by atoms with Crippen LogP contribution in [0.15, 0.2) is 41.2 Å². The first kappa shape index (κ1) is 15.1. The van der Waals surface area contributed by atoms with Crippen molar-refractivity contribution in [1.29, 1.82) is 0 Å². The van der Waals surface area contributed by atoms with Gasteiger partial charge in [-0.2, -0.15) is 0 Å². The number of unbranched alkanes of at least 4 members (excludes halogenated alkanes) is 3. The van der Waals surface area contributed by atoms with E-state index < -0.39 is 0 Å². The van der Waals surface area contributed by atoms with Crippen LogP contribution in [0.3, 0.4) is 0 Å². The van der Waals surface area contributed by atoms with E-state index in [-0.39, 0.29) is 5.56 Å². The number of H-pyrrole nitrogens is 1. The molecular formula is C19H20ClNO. The first-order chi connectivity index (χ1) is 10.7. The van der Waals surface area contributed by atoms with Crippen molar-refractivity contribution < 1.29 is 0 Å². The molecule has 3 aromatic rings. The van der Waals surface area contributed by atoms with Crippen LogP contribution >= 0.6 is 11.6 Å². The zero-order chi connectivity index (χ0) is 15.5. The number of halogens is 1. The number of hydrogen-bond acceptors (Lipinski definition) is 1. The average Bonchev–Trinajstić information content (AvgIpc) is 2.52. The minimum atomic E-state index is -0.0395. The minimum Gasteiger partial charge on any atom is -0.321 e. The van der Waals surface area contributed by atoms with Crippen molar-refractivity contribution in [3.8, 4) is 0 Å². The molecule has 0 amide bonds. The predicted molar refractivity (Wildman–Crippen MR) is 94.9 cm³/mol. The van der Waals surface area contributed by atoms with Crippen molar-refractivity contribution in [2.24, 2.45) is 0 Å². The summed E-state index contributed by atoms with van der Waals surface area (Å²) < 4.78 is 0. The number of fused-ring (bicyclic) bond motifs is 3. The molecule has 22 heavy (non-hydrogen) atoms. The Kier molecular flexibility index (Phi) is 4.49. The van der Waals surface area contributed by atoms with Crippen LogP contribution in [-0.4, -0.2) is 4.98 Å². The fraction of sp³-hybridized carbons (Fsp3) is 0.316. The van der Waals surface area contributed by atoms with Gasteiger partial charge in [0, 0.05) is 21.3 Å². The lowest BCUT2D eigenvalue weighted by molar-refractivity contribution is 0.667. The second kappa shape index (κ2) is 6.53. The van der Waals surface area contributed by atoms with E-state index >= 15 is 0 Å². The van der Waals surface area contributed by atoms with Crippen LogP contribution in [0.2, 0.25) is 5.02 Å². The lowest BCUT2D eigenvalue weighted by atomic mass is 10.0. The highest BCUT2D eigenvalue weighted by Gasteiger charge is 2.07. The number of nitrogens with one attached hydrogen (secondary N) is 1. The maximum absolute atomic E-state index is 12.2. The lowest BCUT2D eigenvalue weighted by Crippen LogP contribution is -2.06. The molecule has 0 saturated heterocycles. The highest BCUT2D eigenvalue weighted by atomic mass is 35.5. The molecule has 0 fully saturated rings. The monoisotopic (exact) mass is 313 g/mol. The van der Waals surface area contributed by atoms with E-state index in [0.29, 0.717) is 5.02 Å². The van der Waals surface area contributed by atoms with Gasteiger partial charge in [0.25, 0.3) is 5.56 Å². The van der Waals surface area contributed by atoms with Crippen LogP contribution in [0.25, 0.3) is 21.7 Å². The zero-order valence-electron chi connectivity index (χ0n) is 12.8. The molecule has 0 atom stereocenters. The number of hydrogen-bond donors (Lipinski definition) is 1.